The minimum atomic E-state index is 0.399. The van der Waals surface area contributed by atoms with Crippen LogP contribution in [0.3, 0.4) is 0 Å². The van der Waals surface area contributed by atoms with E-state index in [4.69, 9.17) is 0 Å². The van der Waals surface area contributed by atoms with E-state index in [9.17, 15) is 10.2 Å². The van der Waals surface area contributed by atoms with E-state index in [0.29, 0.717) is 11.5 Å². The molecule has 2 aromatic rings. The highest BCUT2D eigenvalue weighted by Gasteiger charge is 2.17. The van der Waals surface area contributed by atoms with Crippen LogP contribution >= 0.6 is 0 Å². The lowest BCUT2D eigenvalue weighted by atomic mass is 9.87. The van der Waals surface area contributed by atoms with Gasteiger partial charge in [-0.2, -0.15) is 0 Å². The van der Waals surface area contributed by atoms with Gasteiger partial charge in [-0.1, -0.05) is 65.5 Å². The van der Waals surface area contributed by atoms with Crippen molar-refractivity contribution in [1.29, 1.82) is 0 Å². The minimum absolute atomic E-state index is 0.399. The van der Waals surface area contributed by atoms with Gasteiger partial charge in [-0.15, -0.1) is 0 Å². The summed E-state index contributed by atoms with van der Waals surface area (Å²) < 4.78 is 0. The second-order valence-electron chi connectivity index (χ2n) is 7.28. The van der Waals surface area contributed by atoms with Crippen LogP contribution < -0.4 is 0 Å². The van der Waals surface area contributed by atoms with E-state index in [1.807, 2.05) is 12.1 Å². The third-order valence-corrected chi connectivity index (χ3v) is 4.94. The van der Waals surface area contributed by atoms with E-state index < -0.39 is 0 Å². The van der Waals surface area contributed by atoms with Crippen LogP contribution in [-0.4, -0.2) is 10.2 Å². The van der Waals surface area contributed by atoms with Crippen molar-refractivity contribution >= 4 is 0 Å². The summed E-state index contributed by atoms with van der Waals surface area (Å²) in [6, 6.07) is 8.32. The van der Waals surface area contributed by atoms with E-state index in [2.05, 4.69) is 39.8 Å². The third kappa shape index (κ3) is 4.60. The fourth-order valence-electron chi connectivity index (χ4n) is 3.80. The van der Waals surface area contributed by atoms with Crippen molar-refractivity contribution in [2.24, 2.45) is 0 Å². The second-order valence-corrected chi connectivity index (χ2v) is 7.28. The number of aromatic hydroxyl groups is 2. The highest BCUT2D eigenvalue weighted by atomic mass is 16.3. The number of hydrogen-bond acceptors (Lipinski definition) is 2. The fraction of sp³-hybridized carbons (Fsp3) is 0.500. The fourth-order valence-corrected chi connectivity index (χ4v) is 3.80. The summed E-state index contributed by atoms with van der Waals surface area (Å²) in [5.41, 5.74) is 6.57. The lowest BCUT2D eigenvalue weighted by Crippen LogP contribution is -1.99. The number of benzene rings is 2. The first-order valence-corrected chi connectivity index (χ1v) is 10.2. The van der Waals surface area contributed by atoms with Gasteiger partial charge in [0.2, 0.25) is 0 Å². The van der Waals surface area contributed by atoms with Gasteiger partial charge in [0.1, 0.15) is 11.5 Å². The first-order valence-electron chi connectivity index (χ1n) is 10.2. The van der Waals surface area contributed by atoms with Crippen molar-refractivity contribution in [3.05, 3.63) is 46.5 Å². The molecule has 0 aliphatic heterocycles. The van der Waals surface area contributed by atoms with E-state index in [1.54, 1.807) is 0 Å². The summed E-state index contributed by atoms with van der Waals surface area (Å²) in [7, 11) is 0. The molecule has 0 aliphatic rings. The summed E-state index contributed by atoms with van der Waals surface area (Å²) in [5.74, 6) is 0.797. The SMILES string of the molecule is CCCc1cc(O)c(CCC)c(-c2cc(CCC)cc(O)c2CCC)c1. The zero-order valence-corrected chi connectivity index (χ0v) is 16.9. The van der Waals surface area contributed by atoms with Gasteiger partial charge in [-0.05, 0) is 60.1 Å². The summed E-state index contributed by atoms with van der Waals surface area (Å²) >= 11 is 0. The summed E-state index contributed by atoms with van der Waals surface area (Å²) in [5, 5.41) is 21.4. The molecule has 0 unspecified atom stereocenters. The van der Waals surface area contributed by atoms with Crippen LogP contribution in [-0.2, 0) is 25.7 Å². The minimum Gasteiger partial charge on any atom is -0.508 e. The Morgan fingerprint density at radius 2 is 0.885 bits per heavy atom. The maximum absolute atomic E-state index is 10.7. The maximum atomic E-state index is 10.7. The molecule has 2 nitrogen and oxygen atoms in total. The van der Waals surface area contributed by atoms with Gasteiger partial charge in [0.15, 0.2) is 0 Å². The van der Waals surface area contributed by atoms with E-state index in [-0.39, 0.29) is 0 Å². The van der Waals surface area contributed by atoms with Crippen molar-refractivity contribution in [3.8, 4) is 22.6 Å². The first-order chi connectivity index (χ1) is 12.5. The quantitative estimate of drug-likeness (QED) is 0.534. The zero-order chi connectivity index (χ0) is 19.1. The number of phenols is 2. The van der Waals surface area contributed by atoms with Crippen LogP contribution in [0.25, 0.3) is 11.1 Å². The number of rotatable bonds is 9. The van der Waals surface area contributed by atoms with Crippen LogP contribution in [0.2, 0.25) is 0 Å². The molecular formula is C24H34O2. The Balaban J connectivity index is 2.74. The molecule has 0 heterocycles. The molecule has 0 atom stereocenters. The molecule has 0 saturated heterocycles. The molecule has 2 rings (SSSR count). The highest BCUT2D eigenvalue weighted by Crippen LogP contribution is 2.39. The molecule has 0 fully saturated rings. The molecule has 0 amide bonds. The van der Waals surface area contributed by atoms with Crippen molar-refractivity contribution in [2.75, 3.05) is 0 Å². The van der Waals surface area contributed by atoms with Crippen LogP contribution in [0.1, 0.15) is 75.6 Å². The molecule has 0 aliphatic carbocycles. The Bertz CT molecular complexity index is 668. The molecule has 2 heteroatoms. The summed E-state index contributed by atoms with van der Waals surface area (Å²) in [6.07, 6.45) is 7.67. The summed E-state index contributed by atoms with van der Waals surface area (Å²) in [6.45, 7) is 8.60. The topological polar surface area (TPSA) is 40.5 Å². The number of aryl methyl sites for hydroxylation is 2. The first kappa shape index (κ1) is 20.4. The maximum Gasteiger partial charge on any atom is 0.119 e. The van der Waals surface area contributed by atoms with Crippen LogP contribution in [0.5, 0.6) is 11.5 Å². The second kappa shape index (κ2) is 9.66. The van der Waals surface area contributed by atoms with Gasteiger partial charge >= 0.3 is 0 Å². The number of hydrogen-bond donors (Lipinski definition) is 2. The third-order valence-electron chi connectivity index (χ3n) is 4.94. The summed E-state index contributed by atoms with van der Waals surface area (Å²) in [4.78, 5) is 0. The Hall–Kier alpha value is -1.96. The molecule has 0 aromatic heterocycles. The smallest absolute Gasteiger partial charge is 0.119 e. The average molecular weight is 355 g/mol. The van der Waals surface area contributed by atoms with Crippen molar-refractivity contribution in [1.82, 2.24) is 0 Å². The van der Waals surface area contributed by atoms with Gasteiger partial charge in [-0.3, -0.25) is 0 Å². The Morgan fingerprint density at radius 3 is 1.19 bits per heavy atom. The molecule has 0 saturated carbocycles. The van der Waals surface area contributed by atoms with Crippen molar-refractivity contribution < 1.29 is 10.2 Å². The van der Waals surface area contributed by atoms with E-state index >= 15 is 0 Å². The van der Waals surface area contributed by atoms with Gasteiger partial charge in [-0.25, -0.2) is 0 Å². The van der Waals surface area contributed by atoms with Crippen LogP contribution in [0, 0.1) is 0 Å². The molecule has 0 bridgehead atoms. The van der Waals surface area contributed by atoms with Gasteiger partial charge in [0.25, 0.3) is 0 Å². The van der Waals surface area contributed by atoms with Gasteiger partial charge < -0.3 is 10.2 Å². The largest absolute Gasteiger partial charge is 0.508 e. The van der Waals surface area contributed by atoms with E-state index in [1.165, 1.54) is 11.1 Å². The van der Waals surface area contributed by atoms with Crippen molar-refractivity contribution in [2.45, 2.75) is 79.1 Å². The Labute approximate surface area is 158 Å². The highest BCUT2D eigenvalue weighted by molar-refractivity contribution is 5.76. The predicted molar refractivity (Wildman–Crippen MR) is 111 cm³/mol. The lowest BCUT2D eigenvalue weighted by molar-refractivity contribution is 0.465. The van der Waals surface area contributed by atoms with Crippen LogP contribution in [0.15, 0.2) is 24.3 Å². The van der Waals surface area contributed by atoms with Crippen molar-refractivity contribution in [3.63, 3.8) is 0 Å². The Morgan fingerprint density at radius 1 is 0.538 bits per heavy atom. The van der Waals surface area contributed by atoms with Gasteiger partial charge in [0, 0.05) is 11.1 Å². The monoisotopic (exact) mass is 354 g/mol. The molecule has 2 aromatic carbocycles. The molecule has 2 N–H and O–H groups in total. The molecule has 0 spiro atoms. The van der Waals surface area contributed by atoms with E-state index in [0.717, 1.165) is 73.6 Å². The predicted octanol–water partition coefficient (Wildman–Crippen LogP) is 6.57. The lowest BCUT2D eigenvalue weighted by Gasteiger charge is -2.19. The molecule has 142 valence electrons. The zero-order valence-electron chi connectivity index (χ0n) is 16.9. The molecular weight excluding hydrogens is 320 g/mol. The average Bonchev–Trinajstić information content (AvgIpc) is 2.60. The number of phenolic OH excluding ortho intramolecular Hbond substituents is 2. The van der Waals surface area contributed by atoms with Crippen LogP contribution in [0.4, 0.5) is 0 Å². The molecule has 26 heavy (non-hydrogen) atoms. The normalized spacial score (nSPS) is 11.1. The standard InChI is InChI=1S/C24H34O2/c1-5-9-17-13-21(19(11-7-3)23(25)15-17)22-14-18(10-6-2)16-24(26)20(22)12-8-4/h13-16,25-26H,5-12H2,1-4H3. The molecule has 0 radical (unpaired) electrons. The Kier molecular flexibility index (Phi) is 7.56. The van der Waals surface area contributed by atoms with Gasteiger partial charge in [0.05, 0.1) is 0 Å².